The molecule has 2 aromatic rings. The van der Waals surface area contributed by atoms with Gasteiger partial charge >= 0.3 is 0 Å². The number of carbonyl (C=O) groups is 2. The third kappa shape index (κ3) is 4.42. The smallest absolute Gasteiger partial charge is 0.295 e. The molecule has 7 heteroatoms. The molecule has 0 aliphatic carbocycles. The fraction of sp³-hybridized carbons (Fsp3) is 0.391. The molecule has 1 aromatic heterocycles. The lowest BCUT2D eigenvalue weighted by molar-refractivity contribution is -0.140. The predicted octanol–water partition coefficient (Wildman–Crippen LogP) is 3.91. The molecule has 1 aliphatic rings. The Morgan fingerprint density at radius 2 is 1.93 bits per heavy atom. The van der Waals surface area contributed by atoms with Crippen molar-refractivity contribution in [3.8, 4) is 5.75 Å². The van der Waals surface area contributed by atoms with Gasteiger partial charge in [0.15, 0.2) is 0 Å². The molecule has 1 N–H and O–H groups in total. The first kappa shape index (κ1) is 22.1. The molecule has 0 spiro atoms. The third-order valence-corrected chi connectivity index (χ3v) is 6.25. The lowest BCUT2D eigenvalue weighted by Crippen LogP contribution is -2.37. The van der Waals surface area contributed by atoms with E-state index in [1.165, 1.54) is 11.3 Å². The van der Waals surface area contributed by atoms with E-state index in [0.717, 1.165) is 18.0 Å². The summed E-state index contributed by atoms with van der Waals surface area (Å²) in [4.78, 5) is 30.5. The zero-order valence-electron chi connectivity index (χ0n) is 17.6. The van der Waals surface area contributed by atoms with Gasteiger partial charge in [-0.05, 0) is 43.6 Å². The number of likely N-dealkylation sites (N-methyl/N-ethyl adjacent to an activating group) is 1. The average Bonchev–Trinajstić information content (AvgIpc) is 3.37. The van der Waals surface area contributed by atoms with Gasteiger partial charge in [0, 0.05) is 23.5 Å². The summed E-state index contributed by atoms with van der Waals surface area (Å²) in [7, 11) is 0. The number of ketones is 1. The molecule has 2 heterocycles. The summed E-state index contributed by atoms with van der Waals surface area (Å²) in [5, 5.41) is 13.0. The number of ether oxygens (including phenoxy) is 1. The first-order valence-electron chi connectivity index (χ1n) is 10.3. The third-order valence-electron chi connectivity index (χ3n) is 5.32. The first-order chi connectivity index (χ1) is 14.5. The van der Waals surface area contributed by atoms with Crippen LogP contribution in [0.2, 0.25) is 0 Å². The number of likely N-dealkylation sites (tertiary alicyclic amines) is 1. The predicted molar refractivity (Wildman–Crippen MR) is 119 cm³/mol. The molecule has 1 aromatic carbocycles. The van der Waals surface area contributed by atoms with Crippen molar-refractivity contribution in [2.24, 2.45) is 0 Å². The van der Waals surface area contributed by atoms with E-state index in [0.29, 0.717) is 31.0 Å². The molecule has 0 radical (unpaired) electrons. The minimum absolute atomic E-state index is 0.135. The number of amides is 1. The minimum atomic E-state index is -0.646. The second-order valence-corrected chi connectivity index (χ2v) is 7.97. The van der Waals surface area contributed by atoms with Crippen LogP contribution in [0.1, 0.15) is 37.3 Å². The first-order valence-corrected chi connectivity index (χ1v) is 11.2. The van der Waals surface area contributed by atoms with Gasteiger partial charge in [0.25, 0.3) is 11.7 Å². The molecule has 1 fully saturated rings. The second-order valence-electron chi connectivity index (χ2n) is 7.00. The number of nitrogens with zero attached hydrogens (tertiary/aromatic N) is 2. The maximum Gasteiger partial charge on any atom is 0.295 e. The Morgan fingerprint density at radius 1 is 1.17 bits per heavy atom. The van der Waals surface area contributed by atoms with Crippen LogP contribution in [0.5, 0.6) is 5.75 Å². The standard InChI is InChI=1S/C23H28N2O4S/c1-4-24(5-2)12-13-25-20(18-11-8-14-30-18)19(22(27)23(25)28)21(26)16-9-7-10-17(15-16)29-6-3/h7-11,14-15,20,26H,4-6,12-13H2,1-3H3/b21-19-. The van der Waals surface area contributed by atoms with Crippen LogP contribution in [0, 0.1) is 0 Å². The van der Waals surface area contributed by atoms with E-state index in [9.17, 15) is 14.7 Å². The van der Waals surface area contributed by atoms with E-state index in [1.807, 2.05) is 24.4 Å². The fourth-order valence-electron chi connectivity index (χ4n) is 3.70. The quantitative estimate of drug-likeness (QED) is 0.373. The van der Waals surface area contributed by atoms with E-state index >= 15 is 0 Å². The second kappa shape index (κ2) is 9.91. The summed E-state index contributed by atoms with van der Waals surface area (Å²) in [5.74, 6) is -0.779. The molecule has 30 heavy (non-hydrogen) atoms. The zero-order valence-corrected chi connectivity index (χ0v) is 18.4. The molecule has 1 atom stereocenters. The number of benzene rings is 1. The van der Waals surface area contributed by atoms with E-state index < -0.39 is 17.7 Å². The van der Waals surface area contributed by atoms with Crippen LogP contribution in [0.4, 0.5) is 0 Å². The van der Waals surface area contributed by atoms with Crippen molar-refractivity contribution in [1.82, 2.24) is 9.80 Å². The highest BCUT2D eigenvalue weighted by Crippen LogP contribution is 2.41. The Bertz CT molecular complexity index is 919. The van der Waals surface area contributed by atoms with Crippen molar-refractivity contribution < 1.29 is 19.4 Å². The lowest BCUT2D eigenvalue weighted by Gasteiger charge is -2.27. The van der Waals surface area contributed by atoms with Crippen molar-refractivity contribution in [1.29, 1.82) is 0 Å². The van der Waals surface area contributed by atoms with Gasteiger partial charge in [-0.25, -0.2) is 0 Å². The van der Waals surface area contributed by atoms with Crippen LogP contribution in [0.25, 0.3) is 5.76 Å². The molecule has 3 rings (SSSR count). The van der Waals surface area contributed by atoms with Crippen molar-refractivity contribution in [3.05, 3.63) is 57.8 Å². The molecule has 1 amide bonds. The Balaban J connectivity index is 2.03. The fourth-order valence-corrected chi connectivity index (χ4v) is 4.54. The van der Waals surface area contributed by atoms with E-state index in [-0.39, 0.29) is 11.3 Å². The minimum Gasteiger partial charge on any atom is -0.507 e. The number of aliphatic hydroxyl groups is 1. The number of hydrogen-bond acceptors (Lipinski definition) is 6. The Labute approximate surface area is 181 Å². The van der Waals surface area contributed by atoms with Gasteiger partial charge in [-0.15, -0.1) is 11.3 Å². The van der Waals surface area contributed by atoms with Gasteiger partial charge in [0.1, 0.15) is 11.5 Å². The number of carbonyl (C=O) groups excluding carboxylic acids is 2. The van der Waals surface area contributed by atoms with Gasteiger partial charge in [-0.3, -0.25) is 9.59 Å². The van der Waals surface area contributed by atoms with Crippen LogP contribution in [-0.4, -0.2) is 59.4 Å². The molecular weight excluding hydrogens is 400 g/mol. The molecule has 0 saturated carbocycles. The average molecular weight is 429 g/mol. The van der Waals surface area contributed by atoms with Crippen LogP contribution in [0.15, 0.2) is 47.4 Å². The van der Waals surface area contributed by atoms with Crippen molar-refractivity contribution in [3.63, 3.8) is 0 Å². The highest BCUT2D eigenvalue weighted by molar-refractivity contribution is 7.10. The van der Waals surface area contributed by atoms with E-state index in [1.54, 1.807) is 29.2 Å². The molecule has 0 bridgehead atoms. The van der Waals surface area contributed by atoms with Gasteiger partial charge in [0.2, 0.25) is 0 Å². The lowest BCUT2D eigenvalue weighted by atomic mass is 9.99. The number of thiophene rings is 1. The summed E-state index contributed by atoms with van der Waals surface area (Å²) in [6.07, 6.45) is 0. The van der Waals surface area contributed by atoms with Crippen molar-refractivity contribution in [2.45, 2.75) is 26.8 Å². The Morgan fingerprint density at radius 3 is 2.57 bits per heavy atom. The van der Waals surface area contributed by atoms with Crippen LogP contribution in [-0.2, 0) is 9.59 Å². The maximum absolute atomic E-state index is 13.0. The maximum atomic E-state index is 13.0. The summed E-state index contributed by atoms with van der Waals surface area (Å²) >= 11 is 1.47. The highest BCUT2D eigenvalue weighted by Gasteiger charge is 2.46. The monoisotopic (exact) mass is 428 g/mol. The summed E-state index contributed by atoms with van der Waals surface area (Å²) < 4.78 is 5.52. The number of aliphatic hydroxyl groups excluding tert-OH is 1. The largest absolute Gasteiger partial charge is 0.507 e. The summed E-state index contributed by atoms with van der Waals surface area (Å²) in [6, 6.07) is 10.2. The number of hydrogen-bond donors (Lipinski definition) is 1. The van der Waals surface area contributed by atoms with Gasteiger partial charge in [-0.1, -0.05) is 32.0 Å². The molecule has 1 aliphatic heterocycles. The van der Waals surface area contributed by atoms with Crippen LogP contribution in [0.3, 0.4) is 0 Å². The summed E-state index contributed by atoms with van der Waals surface area (Å²) in [5.41, 5.74) is 0.597. The van der Waals surface area contributed by atoms with E-state index in [2.05, 4.69) is 18.7 Å². The molecule has 1 saturated heterocycles. The summed E-state index contributed by atoms with van der Waals surface area (Å²) in [6.45, 7) is 9.34. The van der Waals surface area contributed by atoms with Crippen molar-refractivity contribution >= 4 is 28.8 Å². The highest BCUT2D eigenvalue weighted by atomic mass is 32.1. The molecule has 6 nitrogen and oxygen atoms in total. The van der Waals surface area contributed by atoms with Crippen LogP contribution < -0.4 is 4.74 Å². The number of rotatable bonds is 9. The van der Waals surface area contributed by atoms with Gasteiger partial charge < -0.3 is 19.6 Å². The topological polar surface area (TPSA) is 70.1 Å². The van der Waals surface area contributed by atoms with Gasteiger partial charge in [0.05, 0.1) is 18.2 Å². The van der Waals surface area contributed by atoms with Gasteiger partial charge in [-0.2, -0.15) is 0 Å². The number of Topliss-reactive ketones (excluding diaryl/α,β-unsaturated/α-hetero) is 1. The molecular formula is C23H28N2O4S. The molecule has 1 unspecified atom stereocenters. The SMILES string of the molecule is CCOc1cccc(/C(O)=C2/C(=O)C(=O)N(CCN(CC)CC)C2c2cccs2)c1. The van der Waals surface area contributed by atoms with E-state index in [4.69, 9.17) is 4.74 Å². The molecule has 160 valence electrons. The Kier molecular flexibility index (Phi) is 7.29. The normalized spacial score (nSPS) is 18.4. The van der Waals surface area contributed by atoms with Crippen molar-refractivity contribution in [2.75, 3.05) is 32.8 Å². The Hall–Kier alpha value is -2.64. The zero-order chi connectivity index (χ0) is 21.7. The van der Waals surface area contributed by atoms with Crippen LogP contribution >= 0.6 is 11.3 Å².